The van der Waals surface area contributed by atoms with E-state index in [9.17, 15) is 9.93 Å². The zero-order chi connectivity index (χ0) is 28.5. The third-order valence-electron chi connectivity index (χ3n) is 7.62. The molecule has 0 saturated heterocycles. The Labute approximate surface area is 243 Å². The number of hydrogen-bond donors (Lipinski definition) is 1. The Morgan fingerprint density at radius 3 is 1.52 bits per heavy atom. The largest absolute Gasteiger partial charge is 0.521 e. The lowest BCUT2D eigenvalue weighted by Crippen LogP contribution is -2.27. The second-order valence-corrected chi connectivity index (χ2v) is 10.1. The maximum Gasteiger partial charge on any atom is 0.521 e. The standard InChI is InChI=1S/C36H25BN2O3/c40-37(38-41)33-15-7-13-31-32-14-8-16-34(36(32)42-35(31)33)39(29-21-17-27(18-22-29)25-9-3-1-4-10-25)30-23-19-28(20-24-30)26-11-5-2-6-12-26/h1-24,40H. The molecule has 7 rings (SSSR count). The molecule has 0 amide bonds. The van der Waals surface area contributed by atoms with E-state index in [1.807, 2.05) is 60.7 Å². The van der Waals surface area contributed by atoms with Crippen molar-refractivity contribution < 1.29 is 9.44 Å². The normalized spacial score (nSPS) is 11.1. The lowest BCUT2D eigenvalue weighted by Gasteiger charge is -2.26. The Kier molecular flexibility index (Phi) is 6.59. The molecule has 0 saturated carbocycles. The molecule has 42 heavy (non-hydrogen) atoms. The molecular weight excluding hydrogens is 519 g/mol. The predicted molar refractivity (Wildman–Crippen MR) is 173 cm³/mol. The van der Waals surface area contributed by atoms with Gasteiger partial charge in [-0.15, -0.1) is 0 Å². The number of nitroso groups, excluding NO2 is 1. The highest BCUT2D eigenvalue weighted by Crippen LogP contribution is 2.42. The number of hydrogen-bond acceptors (Lipinski definition) is 5. The minimum atomic E-state index is -1.51. The molecule has 0 fully saturated rings. The third kappa shape index (κ3) is 4.54. The average Bonchev–Trinajstić information content (AvgIpc) is 3.46. The van der Waals surface area contributed by atoms with Crippen molar-refractivity contribution in [2.45, 2.75) is 0 Å². The van der Waals surface area contributed by atoms with Crippen LogP contribution < -0.4 is 10.4 Å². The zero-order valence-electron chi connectivity index (χ0n) is 22.6. The van der Waals surface area contributed by atoms with Crippen molar-refractivity contribution in [3.63, 3.8) is 0 Å². The zero-order valence-corrected chi connectivity index (χ0v) is 22.6. The summed E-state index contributed by atoms with van der Waals surface area (Å²) < 4.78 is 6.45. The van der Waals surface area contributed by atoms with Gasteiger partial charge >= 0.3 is 7.05 Å². The molecule has 0 aliphatic heterocycles. The Morgan fingerprint density at radius 2 is 1.00 bits per heavy atom. The van der Waals surface area contributed by atoms with Gasteiger partial charge in [0.05, 0.1) is 5.69 Å². The van der Waals surface area contributed by atoms with Crippen LogP contribution in [-0.4, -0.2) is 12.1 Å². The van der Waals surface area contributed by atoms with E-state index in [1.165, 1.54) is 0 Å². The number of benzene rings is 6. The number of fused-ring (bicyclic) bond motifs is 3. The summed E-state index contributed by atoms with van der Waals surface area (Å²) in [6, 6.07) is 48.9. The molecule has 0 radical (unpaired) electrons. The van der Waals surface area contributed by atoms with Gasteiger partial charge in [-0.2, -0.15) is 4.91 Å². The number of anilines is 3. The SMILES string of the molecule is O=NB(O)c1cccc2c1oc1c(N(c3ccc(-c4ccccc4)cc3)c3ccc(-c4ccccc4)cc3)cccc12. The van der Waals surface area contributed by atoms with Crippen LogP contribution in [0.5, 0.6) is 0 Å². The summed E-state index contributed by atoms with van der Waals surface area (Å²) >= 11 is 0. The van der Waals surface area contributed by atoms with E-state index in [0.29, 0.717) is 16.6 Å². The van der Waals surface area contributed by atoms with Gasteiger partial charge in [-0.3, -0.25) is 0 Å². The summed E-state index contributed by atoms with van der Waals surface area (Å²) in [6.45, 7) is 0. The maximum atomic E-state index is 11.2. The van der Waals surface area contributed by atoms with Crippen LogP contribution in [0.3, 0.4) is 0 Å². The van der Waals surface area contributed by atoms with Crippen LogP contribution in [0, 0.1) is 4.91 Å². The van der Waals surface area contributed by atoms with Crippen LogP contribution in [0.1, 0.15) is 0 Å². The van der Waals surface area contributed by atoms with E-state index in [0.717, 1.165) is 50.1 Å². The molecule has 5 nitrogen and oxygen atoms in total. The van der Waals surface area contributed by atoms with Gasteiger partial charge < -0.3 is 14.3 Å². The first-order valence-corrected chi connectivity index (χ1v) is 13.8. The van der Waals surface area contributed by atoms with E-state index in [4.69, 9.17) is 4.42 Å². The minimum absolute atomic E-state index is 0.343. The van der Waals surface area contributed by atoms with Gasteiger partial charge in [0.2, 0.25) is 0 Å². The molecule has 1 N–H and O–H groups in total. The molecule has 0 unspecified atom stereocenters. The van der Waals surface area contributed by atoms with Crippen molar-refractivity contribution in [1.82, 2.24) is 0 Å². The smallest absolute Gasteiger partial charge is 0.454 e. The molecule has 0 aliphatic carbocycles. The number of nitrogens with zero attached hydrogens (tertiary/aromatic N) is 2. The first-order chi connectivity index (χ1) is 20.7. The Bertz CT molecular complexity index is 1920. The van der Waals surface area contributed by atoms with E-state index in [1.54, 1.807) is 12.1 Å². The summed E-state index contributed by atoms with van der Waals surface area (Å²) in [7, 11) is -1.51. The van der Waals surface area contributed by atoms with Crippen molar-refractivity contribution >= 4 is 51.5 Å². The van der Waals surface area contributed by atoms with Gasteiger partial charge in [0.25, 0.3) is 0 Å². The molecule has 6 heteroatoms. The van der Waals surface area contributed by atoms with Crippen molar-refractivity contribution in [2.24, 2.45) is 5.09 Å². The van der Waals surface area contributed by atoms with E-state index in [-0.39, 0.29) is 0 Å². The van der Waals surface area contributed by atoms with Crippen molar-refractivity contribution in [3.05, 3.63) is 150 Å². The summed E-state index contributed by atoms with van der Waals surface area (Å²) in [4.78, 5) is 13.4. The minimum Gasteiger partial charge on any atom is -0.454 e. The first kappa shape index (κ1) is 25.5. The van der Waals surface area contributed by atoms with Crippen molar-refractivity contribution in [2.75, 3.05) is 4.90 Å². The van der Waals surface area contributed by atoms with Gasteiger partial charge in [0, 0.05) is 27.6 Å². The molecule has 0 aliphatic rings. The van der Waals surface area contributed by atoms with Gasteiger partial charge in [-0.25, -0.2) is 0 Å². The van der Waals surface area contributed by atoms with Gasteiger partial charge in [0.15, 0.2) is 5.58 Å². The molecule has 0 spiro atoms. The van der Waals surface area contributed by atoms with E-state index in [2.05, 4.69) is 82.8 Å². The third-order valence-corrected chi connectivity index (χ3v) is 7.62. The Morgan fingerprint density at radius 1 is 0.524 bits per heavy atom. The van der Waals surface area contributed by atoms with Crippen molar-refractivity contribution in [3.8, 4) is 22.3 Å². The van der Waals surface area contributed by atoms with Crippen LogP contribution in [0.15, 0.2) is 155 Å². The van der Waals surface area contributed by atoms with Gasteiger partial charge in [-0.1, -0.05) is 120 Å². The Hall–Kier alpha value is -5.46. The van der Waals surface area contributed by atoms with E-state index < -0.39 is 7.05 Å². The molecule has 1 heterocycles. The average molecular weight is 544 g/mol. The fourth-order valence-electron chi connectivity index (χ4n) is 5.56. The van der Waals surface area contributed by atoms with Gasteiger partial charge in [-0.05, 0) is 52.6 Å². The molecule has 0 atom stereocenters. The number of furan rings is 1. The lowest BCUT2D eigenvalue weighted by molar-refractivity contribution is 0.586. The second-order valence-electron chi connectivity index (χ2n) is 10.1. The summed E-state index contributed by atoms with van der Waals surface area (Å²) in [5.41, 5.74) is 8.76. The summed E-state index contributed by atoms with van der Waals surface area (Å²) in [5.74, 6) is 0. The summed E-state index contributed by atoms with van der Waals surface area (Å²) in [5, 5.41) is 14.8. The highest BCUT2D eigenvalue weighted by molar-refractivity contribution is 6.67. The van der Waals surface area contributed by atoms with Crippen LogP contribution in [0.2, 0.25) is 0 Å². The van der Waals surface area contributed by atoms with Crippen LogP contribution in [-0.2, 0) is 0 Å². The number of rotatable bonds is 7. The monoisotopic (exact) mass is 544 g/mol. The van der Waals surface area contributed by atoms with Gasteiger partial charge in [0.1, 0.15) is 5.58 Å². The molecule has 7 aromatic rings. The first-order valence-electron chi connectivity index (χ1n) is 13.8. The fourth-order valence-corrected chi connectivity index (χ4v) is 5.56. The molecule has 1 aromatic heterocycles. The van der Waals surface area contributed by atoms with Crippen LogP contribution in [0.4, 0.5) is 17.1 Å². The van der Waals surface area contributed by atoms with Crippen LogP contribution >= 0.6 is 0 Å². The Balaban J connectivity index is 1.41. The quantitative estimate of drug-likeness (QED) is 0.161. The molecular formula is C36H25BN2O3. The highest BCUT2D eigenvalue weighted by atomic mass is 16.3. The number of para-hydroxylation sites is 2. The highest BCUT2D eigenvalue weighted by Gasteiger charge is 2.25. The maximum absolute atomic E-state index is 11.2. The lowest BCUT2D eigenvalue weighted by atomic mass is 9.75. The predicted octanol–water partition coefficient (Wildman–Crippen LogP) is 8.84. The van der Waals surface area contributed by atoms with Crippen molar-refractivity contribution in [1.29, 1.82) is 0 Å². The summed E-state index contributed by atoms with van der Waals surface area (Å²) in [6.07, 6.45) is 0. The van der Waals surface area contributed by atoms with Crippen LogP contribution in [0.25, 0.3) is 44.2 Å². The fraction of sp³-hybridized carbons (Fsp3) is 0. The molecule has 0 bridgehead atoms. The second kappa shape index (κ2) is 10.8. The topological polar surface area (TPSA) is 66.0 Å². The van der Waals surface area contributed by atoms with E-state index >= 15 is 0 Å². The molecule has 200 valence electrons. The molecule has 6 aromatic carbocycles.